The summed E-state index contributed by atoms with van der Waals surface area (Å²) in [6.45, 7) is 1.67. The molecule has 1 rings (SSSR count). The highest BCUT2D eigenvalue weighted by Gasteiger charge is 2.15. The molecule has 0 heterocycles. The fraction of sp³-hybridized carbons (Fsp3) is 0.250. The van der Waals surface area contributed by atoms with Gasteiger partial charge in [-0.05, 0) is 12.5 Å². The van der Waals surface area contributed by atoms with Crippen LogP contribution in [0.15, 0.2) is 12.1 Å². The Labute approximate surface area is 74.7 Å². The van der Waals surface area contributed by atoms with E-state index in [9.17, 15) is 15.2 Å². The number of aromatic hydroxyl groups is 1. The number of aryl methyl sites for hydroxylation is 1. The summed E-state index contributed by atoms with van der Waals surface area (Å²) in [4.78, 5) is 9.74. The van der Waals surface area contributed by atoms with Crippen LogP contribution in [0.25, 0.3) is 0 Å². The van der Waals surface area contributed by atoms with Crippen LogP contribution in [0, 0.1) is 17.0 Å². The molecule has 1 aromatic rings. The first-order valence-corrected chi connectivity index (χ1v) is 3.58. The molecule has 0 atom stereocenters. The molecule has 0 saturated heterocycles. The summed E-state index contributed by atoms with van der Waals surface area (Å²) in [5.74, 6) is 0.0514. The average Bonchev–Trinajstić information content (AvgIpc) is 2.07. The largest absolute Gasteiger partial charge is 0.502 e. The van der Waals surface area contributed by atoms with Crippen LogP contribution in [-0.4, -0.2) is 17.1 Å². The van der Waals surface area contributed by atoms with Crippen LogP contribution in [0.1, 0.15) is 5.56 Å². The van der Waals surface area contributed by atoms with Crippen molar-refractivity contribution < 1.29 is 14.8 Å². The summed E-state index contributed by atoms with van der Waals surface area (Å²) in [6.07, 6.45) is 0. The lowest BCUT2D eigenvalue weighted by molar-refractivity contribution is -0.385. The summed E-state index contributed by atoms with van der Waals surface area (Å²) in [5.41, 5.74) is 0.310. The minimum atomic E-state index is -0.637. The fourth-order valence-electron chi connectivity index (χ4n) is 1.03. The van der Waals surface area contributed by atoms with Gasteiger partial charge in [0.05, 0.1) is 12.0 Å². The Kier molecular flexibility index (Phi) is 2.36. The van der Waals surface area contributed by atoms with Crippen molar-refractivity contribution in [2.24, 2.45) is 0 Å². The molecule has 0 aliphatic rings. The van der Waals surface area contributed by atoms with Crippen molar-refractivity contribution in [1.82, 2.24) is 0 Å². The predicted molar refractivity (Wildman–Crippen MR) is 46.1 cm³/mol. The van der Waals surface area contributed by atoms with Crippen LogP contribution < -0.4 is 4.74 Å². The van der Waals surface area contributed by atoms with Crippen molar-refractivity contribution in [1.29, 1.82) is 0 Å². The number of phenols is 1. The molecule has 70 valence electrons. The van der Waals surface area contributed by atoms with Crippen LogP contribution in [0.3, 0.4) is 0 Å². The lowest BCUT2D eigenvalue weighted by Gasteiger charge is -2.04. The summed E-state index contributed by atoms with van der Waals surface area (Å²) in [7, 11) is 1.44. The highest BCUT2D eigenvalue weighted by Crippen LogP contribution is 2.32. The molecular formula is C8H9NO4. The minimum Gasteiger partial charge on any atom is -0.502 e. The molecule has 1 aromatic carbocycles. The number of nitro benzene ring substituents is 1. The van der Waals surface area contributed by atoms with Gasteiger partial charge in [-0.2, -0.15) is 0 Å². The Balaban J connectivity index is 3.28. The number of nitro groups is 1. The fourth-order valence-corrected chi connectivity index (χ4v) is 1.03. The van der Waals surface area contributed by atoms with Crippen molar-refractivity contribution in [2.75, 3.05) is 7.11 Å². The van der Waals surface area contributed by atoms with E-state index in [4.69, 9.17) is 4.74 Å². The minimum absolute atomic E-state index is 0.307. The van der Waals surface area contributed by atoms with E-state index in [2.05, 4.69) is 0 Å². The monoisotopic (exact) mass is 183 g/mol. The number of hydrogen-bond donors (Lipinski definition) is 1. The lowest BCUT2D eigenvalue weighted by Crippen LogP contribution is -1.92. The van der Waals surface area contributed by atoms with E-state index in [0.29, 0.717) is 11.3 Å². The quantitative estimate of drug-likeness (QED) is 0.558. The van der Waals surface area contributed by atoms with Gasteiger partial charge in [-0.1, -0.05) is 0 Å². The highest BCUT2D eigenvalue weighted by molar-refractivity contribution is 5.53. The zero-order chi connectivity index (χ0) is 10.0. The molecular weight excluding hydrogens is 174 g/mol. The Morgan fingerprint density at radius 1 is 1.54 bits per heavy atom. The van der Waals surface area contributed by atoms with Crippen LogP contribution in [0.2, 0.25) is 0 Å². The molecule has 0 saturated carbocycles. The molecule has 0 aliphatic carbocycles. The lowest BCUT2D eigenvalue weighted by atomic mass is 10.2. The van der Waals surface area contributed by atoms with Gasteiger partial charge < -0.3 is 9.84 Å². The molecule has 0 unspecified atom stereocenters. The second-order valence-corrected chi connectivity index (χ2v) is 2.57. The van der Waals surface area contributed by atoms with E-state index in [0.717, 1.165) is 0 Å². The van der Waals surface area contributed by atoms with Crippen LogP contribution in [0.5, 0.6) is 11.5 Å². The molecule has 0 aromatic heterocycles. The maximum absolute atomic E-state index is 10.4. The van der Waals surface area contributed by atoms with Gasteiger partial charge in [-0.3, -0.25) is 10.1 Å². The third-order valence-electron chi connectivity index (χ3n) is 1.69. The molecule has 0 amide bonds. The van der Waals surface area contributed by atoms with E-state index < -0.39 is 4.92 Å². The molecule has 0 fully saturated rings. The number of ether oxygens (including phenoxy) is 1. The van der Waals surface area contributed by atoms with Gasteiger partial charge in [0.2, 0.25) is 0 Å². The van der Waals surface area contributed by atoms with Crippen molar-refractivity contribution in [2.45, 2.75) is 6.92 Å². The van der Waals surface area contributed by atoms with Crippen LogP contribution in [-0.2, 0) is 0 Å². The van der Waals surface area contributed by atoms with Gasteiger partial charge >= 0.3 is 5.69 Å². The van der Waals surface area contributed by atoms with Gasteiger partial charge in [-0.25, -0.2) is 0 Å². The number of nitrogens with zero attached hydrogens (tertiary/aromatic N) is 1. The Morgan fingerprint density at radius 3 is 2.62 bits per heavy atom. The van der Waals surface area contributed by atoms with E-state index in [1.165, 1.54) is 19.2 Å². The molecule has 13 heavy (non-hydrogen) atoms. The number of rotatable bonds is 2. The number of benzene rings is 1. The maximum Gasteiger partial charge on any atom is 0.311 e. The Bertz CT molecular complexity index is 348. The number of hydrogen-bond acceptors (Lipinski definition) is 4. The van der Waals surface area contributed by atoms with Gasteiger partial charge in [0.25, 0.3) is 0 Å². The zero-order valence-electron chi connectivity index (χ0n) is 7.27. The maximum atomic E-state index is 10.4. The Morgan fingerprint density at radius 2 is 2.15 bits per heavy atom. The number of phenolic OH excluding ortho intramolecular Hbond substituents is 1. The summed E-state index contributed by atoms with van der Waals surface area (Å²) >= 11 is 0. The van der Waals surface area contributed by atoms with E-state index in [1.54, 1.807) is 6.92 Å². The molecule has 5 heteroatoms. The van der Waals surface area contributed by atoms with Crippen molar-refractivity contribution in [3.63, 3.8) is 0 Å². The molecule has 0 bridgehead atoms. The van der Waals surface area contributed by atoms with E-state index in [-0.39, 0.29) is 11.4 Å². The molecule has 0 spiro atoms. The normalized spacial score (nSPS) is 9.69. The third-order valence-corrected chi connectivity index (χ3v) is 1.69. The van der Waals surface area contributed by atoms with Crippen LogP contribution >= 0.6 is 0 Å². The topological polar surface area (TPSA) is 72.6 Å². The van der Waals surface area contributed by atoms with E-state index in [1.807, 2.05) is 0 Å². The summed E-state index contributed by atoms with van der Waals surface area (Å²) < 4.78 is 4.88. The smallest absolute Gasteiger partial charge is 0.311 e. The molecule has 5 nitrogen and oxygen atoms in total. The van der Waals surface area contributed by atoms with Gasteiger partial charge in [0, 0.05) is 12.1 Å². The zero-order valence-corrected chi connectivity index (χ0v) is 7.27. The van der Waals surface area contributed by atoms with E-state index >= 15 is 0 Å². The Hall–Kier alpha value is -1.78. The van der Waals surface area contributed by atoms with Gasteiger partial charge in [0.15, 0.2) is 5.75 Å². The van der Waals surface area contributed by atoms with Gasteiger partial charge in [-0.15, -0.1) is 0 Å². The third kappa shape index (κ3) is 1.69. The number of methoxy groups -OCH3 is 1. The first-order valence-electron chi connectivity index (χ1n) is 3.58. The highest BCUT2D eigenvalue weighted by atomic mass is 16.6. The standard InChI is InChI=1S/C8H9NO4/c1-5-3-6(9(11)12)7(10)4-8(5)13-2/h3-4,10H,1-2H3. The SMILES string of the molecule is COc1cc(O)c([N+](=O)[O-])cc1C. The van der Waals surface area contributed by atoms with Crippen LogP contribution in [0.4, 0.5) is 5.69 Å². The first-order chi connectivity index (χ1) is 6.06. The predicted octanol–water partition coefficient (Wildman–Crippen LogP) is 1.62. The summed E-state index contributed by atoms with van der Waals surface area (Å²) in [6, 6.07) is 2.50. The van der Waals surface area contributed by atoms with Gasteiger partial charge in [0.1, 0.15) is 5.75 Å². The second-order valence-electron chi connectivity index (χ2n) is 2.57. The molecule has 0 aliphatic heterocycles. The first kappa shape index (κ1) is 9.31. The second kappa shape index (κ2) is 3.30. The average molecular weight is 183 g/mol. The van der Waals surface area contributed by atoms with Crippen molar-refractivity contribution in [3.8, 4) is 11.5 Å². The van der Waals surface area contributed by atoms with Crippen molar-refractivity contribution in [3.05, 3.63) is 27.8 Å². The summed E-state index contributed by atoms with van der Waals surface area (Å²) in [5, 5.41) is 19.6. The molecule has 1 N–H and O–H groups in total. The van der Waals surface area contributed by atoms with Crippen molar-refractivity contribution >= 4 is 5.69 Å². The molecule has 0 radical (unpaired) electrons.